The number of hydrogen-bond donors (Lipinski definition) is 3. The van der Waals surface area contributed by atoms with Gasteiger partial charge in [-0.1, -0.05) is 47.7 Å². The molecule has 20 nitrogen and oxygen atoms in total. The van der Waals surface area contributed by atoms with Crippen molar-refractivity contribution in [3.8, 4) is 33.8 Å². The number of benzene rings is 4. The number of H-pyrrole nitrogens is 1. The number of nitrogens with zero attached hydrogens (tertiary/aromatic N) is 7. The lowest BCUT2D eigenvalue weighted by Gasteiger charge is -2.28. The summed E-state index contributed by atoms with van der Waals surface area (Å²) in [6, 6.07) is 28.4. The maximum atomic E-state index is 13.9. The summed E-state index contributed by atoms with van der Waals surface area (Å²) in [5, 5.41) is 11.7. The molecule has 0 radical (unpaired) electrons. The number of hydrogen-bond acceptors (Lipinski definition) is 16. The van der Waals surface area contributed by atoms with E-state index in [4.69, 9.17) is 28.1 Å². The molecule has 1 fully saturated rings. The highest BCUT2D eigenvalue weighted by Crippen LogP contribution is 2.41. The van der Waals surface area contributed by atoms with Gasteiger partial charge in [-0.3, -0.25) is 28.9 Å². The van der Waals surface area contributed by atoms with E-state index in [0.29, 0.717) is 113 Å². The van der Waals surface area contributed by atoms with Gasteiger partial charge in [0.05, 0.1) is 107 Å². The number of aromatic nitrogens is 5. The minimum absolute atomic E-state index is 0.0243. The summed E-state index contributed by atoms with van der Waals surface area (Å²) in [5.74, 6) is -0.0560. The lowest BCUT2D eigenvalue weighted by molar-refractivity contribution is -0.138. The number of imidazole rings is 1. The number of likely N-dealkylation sites (tertiary alicyclic amines) is 1. The van der Waals surface area contributed by atoms with E-state index < -0.39 is 11.2 Å². The Kier molecular flexibility index (Phi) is 18.0. The minimum atomic E-state index is -0.675. The molecule has 4 amide bonds. The Labute approximate surface area is 444 Å². The van der Waals surface area contributed by atoms with Crippen LogP contribution < -0.4 is 20.5 Å². The molecule has 4 aromatic carbocycles. The van der Waals surface area contributed by atoms with Gasteiger partial charge in [0.25, 0.3) is 0 Å². The van der Waals surface area contributed by atoms with Crippen molar-refractivity contribution in [2.24, 2.45) is 0 Å². The standard InChI is InChI=1S/C55H61N9O11S/c1-36-57-43-16-15-42-45(65)33-46(75-54(42)52(43)58-36)37-11-13-39(14-12-37)61(2)21-23-70-25-27-72-29-31-74-32-30-73-28-26-71-24-22-64-53-40-8-4-3-7-38(40)35-63(44-10-6-5-9-41(44)51(53)59-60-64)49(67)17-19-56-48(66)18-20-62-50(68)34-47(76)55(62)69/h3-16,33,47,76H,17-32,34-35H2,1-2H3,(H,56,66)(H,57,58). The van der Waals surface area contributed by atoms with Crippen molar-refractivity contribution < 1.29 is 47.3 Å². The maximum absolute atomic E-state index is 13.9. The molecule has 5 heterocycles. The minimum Gasteiger partial charge on any atom is -0.453 e. The molecule has 2 aliphatic heterocycles. The number of amides is 4. The summed E-state index contributed by atoms with van der Waals surface area (Å²) in [6.07, 6.45) is -0.00990. The van der Waals surface area contributed by atoms with Crippen LogP contribution in [0.1, 0.15) is 30.7 Å². The van der Waals surface area contributed by atoms with Crippen LogP contribution in [0.15, 0.2) is 100 Å². The van der Waals surface area contributed by atoms with Crippen molar-refractivity contribution in [2.45, 2.75) is 44.5 Å². The fraction of sp³-hybridized carbons (Fsp3) is 0.382. The number of carbonyl (C=O) groups is 4. The first-order valence-corrected chi connectivity index (χ1v) is 25.9. The molecule has 76 heavy (non-hydrogen) atoms. The number of fused-ring (bicyclic) bond motifs is 8. The number of nitrogens with one attached hydrogen (secondary N) is 2. The summed E-state index contributed by atoms with van der Waals surface area (Å²) in [6.45, 7) is 7.64. The van der Waals surface area contributed by atoms with Crippen LogP contribution in [0.3, 0.4) is 0 Å². The van der Waals surface area contributed by atoms with Crippen molar-refractivity contribution in [3.63, 3.8) is 0 Å². The topological polar surface area (TPSA) is 226 Å². The first-order valence-electron chi connectivity index (χ1n) is 25.4. The molecule has 3 aromatic heterocycles. The fourth-order valence-corrected chi connectivity index (χ4v) is 9.43. The molecule has 0 saturated carbocycles. The third-order valence-electron chi connectivity index (χ3n) is 13.1. The molecule has 398 valence electrons. The number of rotatable bonds is 26. The first-order chi connectivity index (χ1) is 37.0. The van der Waals surface area contributed by atoms with Gasteiger partial charge in [0.1, 0.15) is 22.8 Å². The van der Waals surface area contributed by atoms with Gasteiger partial charge in [0.2, 0.25) is 23.6 Å². The average Bonchev–Trinajstić information content (AvgIpc) is 4.13. The highest BCUT2D eigenvalue weighted by Gasteiger charge is 2.36. The van der Waals surface area contributed by atoms with Gasteiger partial charge < -0.3 is 48.2 Å². The van der Waals surface area contributed by atoms with Crippen LogP contribution in [-0.4, -0.2) is 151 Å². The molecule has 0 bridgehead atoms. The predicted molar refractivity (Wildman–Crippen MR) is 288 cm³/mol. The molecular formula is C55H61N9O11S. The monoisotopic (exact) mass is 1060 g/mol. The lowest BCUT2D eigenvalue weighted by atomic mass is 9.95. The number of aryl methyl sites for hydroxylation is 1. The van der Waals surface area contributed by atoms with Crippen molar-refractivity contribution in [1.82, 2.24) is 35.2 Å². The SMILES string of the molecule is Cc1nc2c(ccc3c(=O)cc(-c4ccc(N(C)CCOCCOCCOCCOCCOCCn5nnc6c5-c5ccccc5CN(C(=O)CCNC(=O)CCN5C(=O)CC(S)C5=O)c5ccccc5-6)cc4)oc32)[nH]1. The van der Waals surface area contributed by atoms with Gasteiger partial charge in [-0.25, -0.2) is 9.67 Å². The number of aromatic amines is 1. The highest BCUT2D eigenvalue weighted by molar-refractivity contribution is 7.81. The molecular weight excluding hydrogens is 995 g/mol. The van der Waals surface area contributed by atoms with E-state index in [9.17, 15) is 24.0 Å². The Balaban J connectivity index is 0.630. The van der Waals surface area contributed by atoms with Crippen LogP contribution in [0.2, 0.25) is 0 Å². The Bertz CT molecular complexity index is 3230. The Hall–Kier alpha value is -7.27. The average molecular weight is 1060 g/mol. The predicted octanol–water partition coefficient (Wildman–Crippen LogP) is 5.59. The number of likely N-dealkylation sites (N-methyl/N-ethyl adjacent to an activating group) is 1. The van der Waals surface area contributed by atoms with Crippen LogP contribution in [0.4, 0.5) is 11.4 Å². The number of carbonyl (C=O) groups excluding carboxylic acids is 4. The van der Waals surface area contributed by atoms with Gasteiger partial charge in [-0.15, -0.1) is 5.10 Å². The first kappa shape index (κ1) is 53.6. The largest absolute Gasteiger partial charge is 0.453 e. The van der Waals surface area contributed by atoms with Crippen LogP contribution in [0.25, 0.3) is 55.8 Å². The molecule has 9 rings (SSSR count). The summed E-state index contributed by atoms with van der Waals surface area (Å²) in [4.78, 5) is 76.3. The Morgan fingerprint density at radius 1 is 0.803 bits per heavy atom. The second-order valence-corrected chi connectivity index (χ2v) is 18.9. The van der Waals surface area contributed by atoms with Gasteiger partial charge >= 0.3 is 0 Å². The second kappa shape index (κ2) is 25.5. The third-order valence-corrected chi connectivity index (χ3v) is 13.5. The maximum Gasteiger partial charge on any atom is 0.242 e. The molecule has 1 unspecified atom stereocenters. The molecule has 1 atom stereocenters. The molecule has 1 saturated heterocycles. The zero-order valence-corrected chi connectivity index (χ0v) is 43.4. The van der Waals surface area contributed by atoms with Gasteiger partial charge in [0, 0.05) is 74.4 Å². The van der Waals surface area contributed by atoms with E-state index in [-0.39, 0.29) is 62.0 Å². The van der Waals surface area contributed by atoms with E-state index in [2.05, 4.69) is 43.1 Å². The number of imide groups is 1. The summed E-state index contributed by atoms with van der Waals surface area (Å²) < 4.78 is 36.8. The molecule has 2 N–H and O–H groups in total. The van der Waals surface area contributed by atoms with Crippen molar-refractivity contribution in [1.29, 1.82) is 0 Å². The van der Waals surface area contributed by atoms with E-state index in [1.165, 1.54) is 6.07 Å². The fourth-order valence-electron chi connectivity index (χ4n) is 9.13. The van der Waals surface area contributed by atoms with Crippen LogP contribution in [-0.2, 0) is 56.0 Å². The number of ether oxygens (including phenoxy) is 5. The summed E-state index contributed by atoms with van der Waals surface area (Å²) >= 11 is 4.13. The smallest absolute Gasteiger partial charge is 0.242 e. The summed E-state index contributed by atoms with van der Waals surface area (Å²) in [5.41, 5.74) is 8.31. The molecule has 7 aromatic rings. The Morgan fingerprint density at radius 2 is 1.47 bits per heavy atom. The molecule has 0 spiro atoms. The molecule has 2 aliphatic rings. The van der Waals surface area contributed by atoms with Crippen molar-refractivity contribution >= 4 is 69.6 Å². The van der Waals surface area contributed by atoms with Crippen LogP contribution in [0.5, 0.6) is 0 Å². The van der Waals surface area contributed by atoms with Crippen LogP contribution in [0, 0.1) is 6.92 Å². The highest BCUT2D eigenvalue weighted by atomic mass is 32.1. The van der Waals surface area contributed by atoms with E-state index >= 15 is 0 Å². The van der Waals surface area contributed by atoms with Gasteiger partial charge in [-0.05, 0) is 55.0 Å². The lowest BCUT2D eigenvalue weighted by Crippen LogP contribution is -2.37. The normalized spacial score (nSPS) is 14.2. The van der Waals surface area contributed by atoms with Gasteiger partial charge in [0.15, 0.2) is 11.0 Å². The second-order valence-electron chi connectivity index (χ2n) is 18.3. The van der Waals surface area contributed by atoms with E-state index in [1.54, 1.807) is 11.0 Å². The van der Waals surface area contributed by atoms with Crippen LogP contribution >= 0.6 is 12.6 Å². The third kappa shape index (κ3) is 12.9. The quantitative estimate of drug-likeness (QED) is 0.0342. The van der Waals surface area contributed by atoms with Gasteiger partial charge in [-0.2, -0.15) is 12.6 Å². The molecule has 0 aliphatic carbocycles. The summed E-state index contributed by atoms with van der Waals surface area (Å²) in [7, 11) is 2.00. The van der Waals surface area contributed by atoms with E-state index in [1.807, 2.05) is 97.5 Å². The van der Waals surface area contributed by atoms with E-state index in [0.717, 1.165) is 49.9 Å². The number of para-hydroxylation sites is 1. The van der Waals surface area contributed by atoms with Crippen molar-refractivity contribution in [2.75, 3.05) is 103 Å². The zero-order chi connectivity index (χ0) is 53.0. The number of thiol groups is 1. The zero-order valence-electron chi connectivity index (χ0n) is 42.5. The van der Waals surface area contributed by atoms with Crippen molar-refractivity contribution in [3.05, 3.63) is 113 Å². The number of anilines is 2. The Morgan fingerprint density at radius 3 is 2.18 bits per heavy atom. The molecule has 21 heteroatoms.